The predicted octanol–water partition coefficient (Wildman–Crippen LogP) is 1.06. The van der Waals surface area contributed by atoms with E-state index >= 15 is 0 Å². The molecule has 20 heavy (non-hydrogen) atoms. The van der Waals surface area contributed by atoms with Crippen LogP contribution in [0.1, 0.15) is 10.4 Å². The number of carboxylic acids is 1. The first-order valence-electron chi connectivity index (χ1n) is 5.63. The summed E-state index contributed by atoms with van der Waals surface area (Å²) in [4.78, 5) is 22.5. The van der Waals surface area contributed by atoms with Gasteiger partial charge in [0.2, 0.25) is 5.91 Å². The number of thioether (sulfide) groups is 1. The van der Waals surface area contributed by atoms with Crippen LogP contribution in [-0.4, -0.2) is 51.4 Å². The minimum Gasteiger partial charge on any atom is -0.478 e. The van der Waals surface area contributed by atoms with Crippen molar-refractivity contribution >= 4 is 40.9 Å². The third kappa shape index (κ3) is 5.38. The maximum Gasteiger partial charge on any atom is 0.335 e. The van der Waals surface area contributed by atoms with Crippen molar-refractivity contribution in [1.29, 1.82) is 0 Å². The van der Waals surface area contributed by atoms with E-state index in [1.165, 1.54) is 18.2 Å². The molecule has 1 rings (SSSR count). The summed E-state index contributed by atoms with van der Waals surface area (Å²) in [6.45, 7) is -0.360. The van der Waals surface area contributed by atoms with Crippen LogP contribution in [-0.2, 0) is 4.79 Å². The number of hydrogen-bond acceptors (Lipinski definition) is 5. The van der Waals surface area contributed by atoms with E-state index in [4.69, 9.17) is 26.9 Å². The Morgan fingerprint density at radius 1 is 1.40 bits per heavy atom. The second-order valence-electron chi connectivity index (χ2n) is 3.90. The van der Waals surface area contributed by atoms with E-state index < -0.39 is 12.1 Å². The number of amides is 1. The molecule has 1 atom stereocenters. The van der Waals surface area contributed by atoms with E-state index in [9.17, 15) is 9.59 Å². The summed E-state index contributed by atoms with van der Waals surface area (Å²) in [5, 5.41) is 29.3. The SMILES string of the molecule is O=C(CSCC(O)CO)Nc1cc(C(=O)O)ccc1Cl. The van der Waals surface area contributed by atoms with Crippen molar-refractivity contribution < 1.29 is 24.9 Å². The van der Waals surface area contributed by atoms with Crippen LogP contribution in [0.2, 0.25) is 5.02 Å². The number of carboxylic acid groups (broad SMARTS) is 1. The highest BCUT2D eigenvalue weighted by Gasteiger charge is 2.11. The minimum atomic E-state index is -1.11. The van der Waals surface area contributed by atoms with Crippen molar-refractivity contribution in [3.63, 3.8) is 0 Å². The van der Waals surface area contributed by atoms with Gasteiger partial charge in [-0.15, -0.1) is 11.8 Å². The molecule has 4 N–H and O–H groups in total. The number of nitrogens with one attached hydrogen (secondary N) is 1. The van der Waals surface area contributed by atoms with Gasteiger partial charge in [0.1, 0.15) is 0 Å². The number of rotatable bonds is 7. The lowest BCUT2D eigenvalue weighted by molar-refractivity contribution is -0.113. The Morgan fingerprint density at radius 2 is 2.10 bits per heavy atom. The summed E-state index contributed by atoms with van der Waals surface area (Å²) in [7, 11) is 0. The molecule has 0 fully saturated rings. The molecular formula is C12H14ClNO5S. The van der Waals surface area contributed by atoms with Crippen molar-refractivity contribution in [3.05, 3.63) is 28.8 Å². The molecule has 0 saturated heterocycles. The first-order chi connectivity index (χ1) is 9.43. The largest absolute Gasteiger partial charge is 0.478 e. The fourth-order valence-electron chi connectivity index (χ4n) is 1.28. The van der Waals surface area contributed by atoms with Gasteiger partial charge in [-0.25, -0.2) is 4.79 Å². The zero-order valence-electron chi connectivity index (χ0n) is 10.4. The summed E-state index contributed by atoms with van der Waals surface area (Å²) in [6.07, 6.45) is -0.869. The second-order valence-corrected chi connectivity index (χ2v) is 5.34. The zero-order valence-corrected chi connectivity index (χ0v) is 11.9. The zero-order chi connectivity index (χ0) is 15.1. The molecule has 6 nitrogen and oxygen atoms in total. The molecule has 0 aliphatic rings. The van der Waals surface area contributed by atoms with Crippen LogP contribution in [0.25, 0.3) is 0 Å². The fourth-order valence-corrected chi connectivity index (χ4v) is 2.20. The van der Waals surface area contributed by atoms with Crippen molar-refractivity contribution in [1.82, 2.24) is 0 Å². The molecule has 1 aromatic carbocycles. The highest BCUT2D eigenvalue weighted by Crippen LogP contribution is 2.23. The molecule has 8 heteroatoms. The van der Waals surface area contributed by atoms with Gasteiger partial charge in [0.15, 0.2) is 0 Å². The Balaban J connectivity index is 2.57. The van der Waals surface area contributed by atoms with Crippen LogP contribution < -0.4 is 5.32 Å². The molecule has 110 valence electrons. The lowest BCUT2D eigenvalue weighted by Crippen LogP contribution is -2.19. The lowest BCUT2D eigenvalue weighted by Gasteiger charge is -2.09. The maximum absolute atomic E-state index is 11.6. The summed E-state index contributed by atoms with van der Waals surface area (Å²) >= 11 is 7.01. The minimum absolute atomic E-state index is 0.0213. The highest BCUT2D eigenvalue weighted by molar-refractivity contribution is 8.00. The van der Waals surface area contributed by atoms with Crippen molar-refractivity contribution in [2.24, 2.45) is 0 Å². The third-order valence-corrected chi connectivity index (χ3v) is 3.66. The Morgan fingerprint density at radius 3 is 2.70 bits per heavy atom. The Hall–Kier alpha value is -1.28. The Bertz CT molecular complexity index is 497. The van der Waals surface area contributed by atoms with E-state index in [0.717, 1.165) is 11.8 Å². The second kappa shape index (κ2) is 8.11. The van der Waals surface area contributed by atoms with Crippen LogP contribution in [0.3, 0.4) is 0 Å². The molecule has 1 aromatic rings. The van der Waals surface area contributed by atoms with Crippen LogP contribution in [0.5, 0.6) is 0 Å². The van der Waals surface area contributed by atoms with Gasteiger partial charge in [-0.1, -0.05) is 11.6 Å². The number of anilines is 1. The standard InChI is InChI=1S/C12H14ClNO5S/c13-9-2-1-7(12(18)19)3-10(9)14-11(17)6-20-5-8(16)4-15/h1-3,8,15-16H,4-6H2,(H,14,17)(H,18,19). The Kier molecular flexibility index (Phi) is 6.80. The summed E-state index contributed by atoms with van der Waals surface area (Å²) in [5.74, 6) is -1.19. The number of hydrogen-bond donors (Lipinski definition) is 4. The molecule has 1 unspecified atom stereocenters. The average molecular weight is 320 g/mol. The highest BCUT2D eigenvalue weighted by atomic mass is 35.5. The van der Waals surface area contributed by atoms with E-state index in [2.05, 4.69) is 5.32 Å². The number of carbonyl (C=O) groups excluding carboxylic acids is 1. The maximum atomic E-state index is 11.6. The third-order valence-electron chi connectivity index (χ3n) is 2.24. The molecule has 0 aliphatic carbocycles. The molecule has 0 heterocycles. The van der Waals surface area contributed by atoms with Gasteiger partial charge < -0.3 is 20.6 Å². The summed E-state index contributed by atoms with van der Waals surface area (Å²) in [5.41, 5.74) is 0.243. The lowest BCUT2D eigenvalue weighted by atomic mass is 10.2. The molecule has 0 aromatic heterocycles. The van der Waals surface area contributed by atoms with Crippen molar-refractivity contribution in [2.45, 2.75) is 6.10 Å². The monoisotopic (exact) mass is 319 g/mol. The molecule has 0 bridgehead atoms. The van der Waals surface area contributed by atoms with E-state index in [0.29, 0.717) is 0 Å². The van der Waals surface area contributed by atoms with Crippen LogP contribution in [0, 0.1) is 0 Å². The van der Waals surface area contributed by atoms with Crippen molar-refractivity contribution in [2.75, 3.05) is 23.4 Å². The average Bonchev–Trinajstić information content (AvgIpc) is 2.40. The van der Waals surface area contributed by atoms with Crippen LogP contribution >= 0.6 is 23.4 Å². The number of aromatic carboxylic acids is 1. The van der Waals surface area contributed by atoms with E-state index in [1.54, 1.807) is 0 Å². The van der Waals surface area contributed by atoms with Gasteiger partial charge in [-0.3, -0.25) is 4.79 Å². The molecule has 0 radical (unpaired) electrons. The molecule has 0 aliphatic heterocycles. The van der Waals surface area contributed by atoms with Gasteiger partial charge >= 0.3 is 5.97 Å². The molecule has 1 amide bonds. The van der Waals surface area contributed by atoms with Gasteiger partial charge in [-0.2, -0.15) is 0 Å². The molecular weight excluding hydrogens is 306 g/mol. The summed E-state index contributed by atoms with van der Waals surface area (Å²) < 4.78 is 0. The van der Waals surface area contributed by atoms with Gasteiger partial charge in [0, 0.05) is 5.75 Å². The van der Waals surface area contributed by atoms with Crippen LogP contribution in [0.4, 0.5) is 5.69 Å². The Labute approximate surface area is 124 Å². The number of halogens is 1. The van der Waals surface area contributed by atoms with E-state index in [-0.39, 0.29) is 40.3 Å². The van der Waals surface area contributed by atoms with Crippen LogP contribution in [0.15, 0.2) is 18.2 Å². The van der Waals surface area contributed by atoms with Gasteiger partial charge in [0.25, 0.3) is 0 Å². The first-order valence-corrected chi connectivity index (χ1v) is 7.16. The number of benzene rings is 1. The topological polar surface area (TPSA) is 107 Å². The smallest absolute Gasteiger partial charge is 0.335 e. The number of carbonyl (C=O) groups is 2. The predicted molar refractivity (Wildman–Crippen MR) is 77.5 cm³/mol. The number of aliphatic hydroxyl groups excluding tert-OH is 2. The molecule has 0 spiro atoms. The number of aliphatic hydroxyl groups is 2. The summed E-state index contributed by atoms with van der Waals surface area (Å²) in [6, 6.07) is 4.01. The van der Waals surface area contributed by atoms with E-state index in [1.807, 2.05) is 0 Å². The quantitative estimate of drug-likeness (QED) is 0.599. The normalized spacial score (nSPS) is 11.9. The fraction of sp³-hybridized carbons (Fsp3) is 0.333. The first kappa shape index (κ1) is 16.8. The van der Waals surface area contributed by atoms with Gasteiger partial charge in [0.05, 0.1) is 34.7 Å². The van der Waals surface area contributed by atoms with Crippen molar-refractivity contribution in [3.8, 4) is 0 Å². The van der Waals surface area contributed by atoms with Gasteiger partial charge in [-0.05, 0) is 18.2 Å². The molecule has 0 saturated carbocycles.